The van der Waals surface area contributed by atoms with Gasteiger partial charge < -0.3 is 10.2 Å². The molecule has 0 radical (unpaired) electrons. The molecule has 1 fully saturated rings. The number of piperazine rings is 1. The second kappa shape index (κ2) is 7.98. The zero-order valence-corrected chi connectivity index (χ0v) is 16.6. The van der Waals surface area contributed by atoms with Crippen LogP contribution in [-0.4, -0.2) is 36.0 Å². The molecule has 2 N–H and O–H groups in total. The highest BCUT2D eigenvalue weighted by atomic mass is 16.1. The Morgan fingerprint density at radius 1 is 1.00 bits per heavy atom. The zero-order valence-electron chi connectivity index (χ0n) is 16.6. The van der Waals surface area contributed by atoms with Gasteiger partial charge >= 0.3 is 0 Å². The van der Waals surface area contributed by atoms with Gasteiger partial charge in [0.05, 0.1) is 43.8 Å². The Kier molecular flexibility index (Phi) is 5.26. The molecule has 0 aliphatic carbocycles. The zero-order chi connectivity index (χ0) is 19.5. The normalized spacial score (nSPS) is 14.3. The first-order chi connectivity index (χ1) is 13.6. The Labute approximate surface area is 165 Å². The molecule has 0 saturated carbocycles. The summed E-state index contributed by atoms with van der Waals surface area (Å²) in [6, 6.07) is 16.4. The molecule has 1 saturated heterocycles. The minimum absolute atomic E-state index is 0.0294. The van der Waals surface area contributed by atoms with E-state index < -0.39 is 0 Å². The van der Waals surface area contributed by atoms with Gasteiger partial charge in [-0.15, -0.1) is 0 Å². The minimum Gasteiger partial charge on any atom is -0.359 e. The summed E-state index contributed by atoms with van der Waals surface area (Å²) in [6.45, 7) is 8.08. The average molecular weight is 375 g/mol. The quantitative estimate of drug-likeness (QED) is 0.757. The van der Waals surface area contributed by atoms with Gasteiger partial charge in [0.25, 0.3) is 5.56 Å². The van der Waals surface area contributed by atoms with E-state index in [-0.39, 0.29) is 5.56 Å². The fraction of sp³-hybridized carbons (Fsp3) is 0.304. The van der Waals surface area contributed by atoms with Crippen LogP contribution in [0.2, 0.25) is 0 Å². The van der Waals surface area contributed by atoms with Crippen molar-refractivity contribution in [3.05, 3.63) is 87.3 Å². The van der Waals surface area contributed by atoms with Crippen LogP contribution in [0.1, 0.15) is 22.3 Å². The van der Waals surface area contributed by atoms with Crippen molar-refractivity contribution >= 4 is 5.69 Å². The molecule has 2 heterocycles. The van der Waals surface area contributed by atoms with Crippen molar-refractivity contribution in [2.45, 2.75) is 20.3 Å². The van der Waals surface area contributed by atoms with Gasteiger partial charge in [0.2, 0.25) is 0 Å². The summed E-state index contributed by atoms with van der Waals surface area (Å²) in [4.78, 5) is 15.8. The summed E-state index contributed by atoms with van der Waals surface area (Å²) in [6.07, 6.45) is 2.49. The fourth-order valence-electron chi connectivity index (χ4n) is 3.76. The molecule has 0 unspecified atom stereocenters. The van der Waals surface area contributed by atoms with Gasteiger partial charge in [-0.25, -0.2) is 0 Å². The number of aromatic nitrogens is 2. The Hall–Kier alpha value is -2.92. The lowest BCUT2D eigenvalue weighted by atomic mass is 10.0. The first kappa shape index (κ1) is 18.4. The van der Waals surface area contributed by atoms with E-state index in [1.54, 1.807) is 0 Å². The van der Waals surface area contributed by atoms with Crippen molar-refractivity contribution < 1.29 is 5.32 Å². The van der Waals surface area contributed by atoms with Crippen LogP contribution in [0.25, 0.3) is 5.69 Å². The van der Waals surface area contributed by atoms with Crippen molar-refractivity contribution in [2.24, 2.45) is 0 Å². The molecule has 3 aromatic rings. The molecule has 5 heteroatoms. The maximum atomic E-state index is 13.5. The summed E-state index contributed by atoms with van der Waals surface area (Å²) in [5.74, 6) is 0. The second-order valence-electron chi connectivity index (χ2n) is 7.58. The predicted octanol–water partition coefficient (Wildman–Crippen LogP) is 1.82. The maximum absolute atomic E-state index is 13.5. The van der Waals surface area contributed by atoms with Crippen molar-refractivity contribution in [3.63, 3.8) is 0 Å². The van der Waals surface area contributed by atoms with Crippen LogP contribution in [0.5, 0.6) is 0 Å². The highest BCUT2D eigenvalue weighted by Crippen LogP contribution is 2.21. The first-order valence-electron chi connectivity index (χ1n) is 9.92. The average Bonchev–Trinajstić information content (AvgIpc) is 2.71. The van der Waals surface area contributed by atoms with Gasteiger partial charge in [-0.3, -0.25) is 4.79 Å². The van der Waals surface area contributed by atoms with Crippen LogP contribution in [0.3, 0.4) is 0 Å². The fourth-order valence-corrected chi connectivity index (χ4v) is 3.76. The lowest BCUT2D eigenvalue weighted by Crippen LogP contribution is -2.89. The van der Waals surface area contributed by atoms with E-state index in [1.807, 2.05) is 37.4 Å². The standard InChI is InChI=1S/C23H26N4O/c1-17-6-8-19(9-7-17)15-21-22(26-12-10-24-11-13-26)16-25-27(23(21)28)20-5-3-4-18(2)14-20/h3-9,14,16,24H,10-13,15H2,1-2H3/p+1. The molecule has 28 heavy (non-hydrogen) atoms. The van der Waals surface area contributed by atoms with Gasteiger partial charge in [0.1, 0.15) is 0 Å². The van der Waals surface area contributed by atoms with E-state index in [4.69, 9.17) is 0 Å². The van der Waals surface area contributed by atoms with Gasteiger partial charge in [-0.2, -0.15) is 9.78 Å². The molecule has 1 aliphatic rings. The Balaban J connectivity index is 1.81. The van der Waals surface area contributed by atoms with Crippen LogP contribution in [0.15, 0.2) is 59.5 Å². The molecule has 0 atom stereocenters. The second-order valence-corrected chi connectivity index (χ2v) is 7.58. The summed E-state index contributed by atoms with van der Waals surface area (Å²) < 4.78 is 1.54. The number of nitrogens with zero attached hydrogens (tertiary/aromatic N) is 3. The van der Waals surface area contributed by atoms with Crippen LogP contribution >= 0.6 is 0 Å². The highest BCUT2D eigenvalue weighted by molar-refractivity contribution is 5.54. The summed E-state index contributed by atoms with van der Waals surface area (Å²) >= 11 is 0. The van der Waals surface area contributed by atoms with Crippen molar-refractivity contribution in [3.8, 4) is 5.69 Å². The van der Waals surface area contributed by atoms with Gasteiger partial charge in [0.15, 0.2) is 0 Å². The molecule has 5 nitrogen and oxygen atoms in total. The van der Waals surface area contributed by atoms with Crippen LogP contribution in [0, 0.1) is 13.8 Å². The number of quaternary nitrogens is 1. The number of hydrogen-bond donors (Lipinski definition) is 1. The van der Waals surface area contributed by atoms with Gasteiger partial charge in [-0.05, 0) is 37.1 Å². The van der Waals surface area contributed by atoms with E-state index >= 15 is 0 Å². The Morgan fingerprint density at radius 2 is 1.75 bits per heavy atom. The van der Waals surface area contributed by atoms with E-state index in [1.165, 1.54) is 10.2 Å². The number of aryl methyl sites for hydroxylation is 2. The SMILES string of the molecule is Cc1ccc(Cc2c(N3CC[NH2+]CC3)cnn(-c3cccc(C)c3)c2=O)cc1. The predicted molar refractivity (Wildman–Crippen MR) is 112 cm³/mol. The molecule has 4 rings (SSSR count). The molecule has 0 spiro atoms. The Morgan fingerprint density at radius 3 is 2.46 bits per heavy atom. The van der Waals surface area contributed by atoms with Crippen LogP contribution in [-0.2, 0) is 6.42 Å². The number of nitrogens with two attached hydrogens (primary N) is 1. The third-order valence-electron chi connectivity index (χ3n) is 5.35. The maximum Gasteiger partial charge on any atom is 0.277 e. The number of benzene rings is 2. The molecule has 1 aromatic heterocycles. The molecule has 1 aliphatic heterocycles. The van der Waals surface area contributed by atoms with E-state index in [0.717, 1.165) is 54.2 Å². The van der Waals surface area contributed by atoms with Gasteiger partial charge in [0, 0.05) is 12.0 Å². The van der Waals surface area contributed by atoms with Crippen molar-refractivity contribution in [1.29, 1.82) is 0 Å². The third kappa shape index (κ3) is 3.85. The van der Waals surface area contributed by atoms with E-state index in [2.05, 4.69) is 46.5 Å². The van der Waals surface area contributed by atoms with Gasteiger partial charge in [-0.1, -0.05) is 42.0 Å². The Bertz CT molecular complexity index is 1020. The number of anilines is 1. The third-order valence-corrected chi connectivity index (χ3v) is 5.35. The summed E-state index contributed by atoms with van der Waals surface area (Å²) in [5, 5.41) is 6.85. The molecule has 0 amide bonds. The molecular weight excluding hydrogens is 348 g/mol. The van der Waals surface area contributed by atoms with E-state index in [0.29, 0.717) is 6.42 Å². The molecular formula is C23H27N4O+. The first-order valence-corrected chi connectivity index (χ1v) is 9.92. The largest absolute Gasteiger partial charge is 0.359 e. The summed E-state index contributed by atoms with van der Waals surface area (Å²) in [5.41, 5.74) is 6.07. The monoisotopic (exact) mass is 375 g/mol. The molecule has 0 bridgehead atoms. The van der Waals surface area contributed by atoms with E-state index in [9.17, 15) is 4.79 Å². The lowest BCUT2D eigenvalue weighted by molar-refractivity contribution is -0.655. The lowest BCUT2D eigenvalue weighted by Gasteiger charge is -2.29. The smallest absolute Gasteiger partial charge is 0.277 e. The number of hydrogen-bond acceptors (Lipinski definition) is 3. The van der Waals surface area contributed by atoms with Crippen LogP contribution in [0.4, 0.5) is 5.69 Å². The van der Waals surface area contributed by atoms with Crippen LogP contribution < -0.4 is 15.8 Å². The topological polar surface area (TPSA) is 54.7 Å². The van der Waals surface area contributed by atoms with Crippen molar-refractivity contribution in [2.75, 3.05) is 31.1 Å². The summed E-state index contributed by atoms with van der Waals surface area (Å²) in [7, 11) is 0. The minimum atomic E-state index is -0.0294. The highest BCUT2D eigenvalue weighted by Gasteiger charge is 2.20. The molecule has 2 aromatic carbocycles. The number of rotatable bonds is 4. The van der Waals surface area contributed by atoms with Crippen molar-refractivity contribution in [1.82, 2.24) is 9.78 Å². The molecule has 144 valence electrons.